The average molecular weight is 364 g/mol. The quantitative estimate of drug-likeness (QED) is 0.578. The summed E-state index contributed by atoms with van der Waals surface area (Å²) in [5, 5.41) is 3.69. The van der Waals surface area contributed by atoms with Gasteiger partial charge in [-0.3, -0.25) is 20.1 Å². The highest BCUT2D eigenvalue weighted by atomic mass is 16.5. The maximum absolute atomic E-state index is 12.6. The molecular formula is C20H20N4O3. The van der Waals surface area contributed by atoms with Crippen molar-refractivity contribution >= 4 is 18.7 Å². The van der Waals surface area contributed by atoms with Gasteiger partial charge in [0, 0.05) is 11.8 Å². The summed E-state index contributed by atoms with van der Waals surface area (Å²) in [6, 6.07) is 14.2. The highest BCUT2D eigenvalue weighted by Gasteiger charge is 2.06. The topological polar surface area (TPSA) is 88.2 Å². The van der Waals surface area contributed by atoms with E-state index in [2.05, 4.69) is 22.5 Å². The minimum atomic E-state index is -0.339. The number of amides is 1. The van der Waals surface area contributed by atoms with Crippen LogP contribution >= 0.6 is 0 Å². The molecule has 3 rings (SSSR count). The van der Waals surface area contributed by atoms with Crippen LogP contribution in [0.1, 0.15) is 15.9 Å². The molecular weight excluding hydrogens is 344 g/mol. The van der Waals surface area contributed by atoms with Gasteiger partial charge < -0.3 is 10.2 Å². The number of aromatic amines is 1. The number of methoxy groups -OCH3 is 1. The van der Waals surface area contributed by atoms with E-state index >= 15 is 0 Å². The third-order valence-corrected chi connectivity index (χ3v) is 4.05. The van der Waals surface area contributed by atoms with Crippen molar-refractivity contribution in [2.75, 3.05) is 7.11 Å². The molecule has 1 aromatic heterocycles. The van der Waals surface area contributed by atoms with Gasteiger partial charge in [0.25, 0.3) is 11.5 Å². The molecule has 2 aromatic carbocycles. The minimum absolute atomic E-state index is 0.268. The molecule has 0 bridgehead atoms. The number of hydrogen-bond donors (Lipinski definition) is 3. The lowest BCUT2D eigenvalue weighted by Gasteiger charge is -2.05. The fourth-order valence-electron chi connectivity index (χ4n) is 2.51. The van der Waals surface area contributed by atoms with Crippen LogP contribution < -0.4 is 31.7 Å². The largest absolute Gasteiger partial charge is 0.497 e. The standard InChI is InChI=1S/C20H20N4O3/c1-13-4-8-16(9-5-13)24-20(26)18(14(2)23-24)12-21-22-19(25)15-6-10-17(27-3)11-7-15/h4-12,21,23H,2H2,1,3H3,(H,22,25). The van der Waals surface area contributed by atoms with Gasteiger partial charge in [-0.1, -0.05) is 24.3 Å². The predicted molar refractivity (Wildman–Crippen MR) is 104 cm³/mol. The van der Waals surface area contributed by atoms with Gasteiger partial charge in [-0.05, 0) is 43.3 Å². The normalized spacial score (nSPS) is 11.3. The number of ether oxygens (including phenoxy) is 1. The van der Waals surface area contributed by atoms with E-state index in [1.807, 2.05) is 31.2 Å². The van der Waals surface area contributed by atoms with Crippen LogP contribution in [0.4, 0.5) is 0 Å². The molecule has 0 spiro atoms. The fourth-order valence-corrected chi connectivity index (χ4v) is 2.51. The summed E-state index contributed by atoms with van der Waals surface area (Å²) in [6.45, 7) is 5.82. The first-order valence-electron chi connectivity index (χ1n) is 8.27. The fraction of sp³-hybridized carbons (Fsp3) is 0.100. The molecule has 0 unspecified atom stereocenters. The third kappa shape index (κ3) is 3.92. The first-order valence-corrected chi connectivity index (χ1v) is 8.27. The Morgan fingerprint density at radius 3 is 2.44 bits per heavy atom. The number of nitrogens with one attached hydrogen (secondary N) is 3. The minimum Gasteiger partial charge on any atom is -0.497 e. The van der Waals surface area contributed by atoms with Crippen molar-refractivity contribution in [3.05, 3.63) is 80.6 Å². The van der Waals surface area contributed by atoms with Gasteiger partial charge in [0.1, 0.15) is 5.75 Å². The maximum atomic E-state index is 12.6. The molecule has 3 N–H and O–H groups in total. The van der Waals surface area contributed by atoms with Crippen molar-refractivity contribution in [2.45, 2.75) is 6.92 Å². The Bertz CT molecular complexity index is 1110. The smallest absolute Gasteiger partial charge is 0.280 e. The summed E-state index contributed by atoms with van der Waals surface area (Å²) in [6.07, 6.45) is 1.41. The van der Waals surface area contributed by atoms with E-state index in [9.17, 15) is 9.59 Å². The highest BCUT2D eigenvalue weighted by molar-refractivity contribution is 5.94. The van der Waals surface area contributed by atoms with Crippen LogP contribution in [0.5, 0.6) is 5.75 Å². The van der Waals surface area contributed by atoms with Crippen LogP contribution in [0.3, 0.4) is 0 Å². The molecule has 27 heavy (non-hydrogen) atoms. The zero-order valence-corrected chi connectivity index (χ0v) is 15.1. The number of aromatic nitrogens is 2. The number of hydrogen-bond acceptors (Lipinski definition) is 4. The second-order valence-corrected chi connectivity index (χ2v) is 5.95. The number of rotatable bonds is 5. The molecule has 138 valence electrons. The van der Waals surface area contributed by atoms with Crippen molar-refractivity contribution in [2.24, 2.45) is 0 Å². The van der Waals surface area contributed by atoms with Gasteiger partial charge in [0.2, 0.25) is 0 Å². The van der Waals surface area contributed by atoms with Crippen LogP contribution in [0, 0.1) is 6.92 Å². The van der Waals surface area contributed by atoms with Gasteiger partial charge in [-0.25, -0.2) is 4.68 Å². The summed E-state index contributed by atoms with van der Waals surface area (Å²) < 4.78 is 6.46. The molecule has 1 heterocycles. The number of carbonyl (C=O) groups is 1. The van der Waals surface area contributed by atoms with E-state index in [0.29, 0.717) is 27.6 Å². The van der Waals surface area contributed by atoms with Crippen molar-refractivity contribution in [1.82, 2.24) is 20.6 Å². The Labute approximate surface area is 155 Å². The van der Waals surface area contributed by atoms with Crippen LogP contribution in [0.2, 0.25) is 0 Å². The lowest BCUT2D eigenvalue weighted by molar-refractivity contribution is 0.0943. The van der Waals surface area contributed by atoms with Gasteiger partial charge in [-0.2, -0.15) is 0 Å². The lowest BCUT2D eigenvalue weighted by Crippen LogP contribution is -2.40. The Morgan fingerprint density at radius 1 is 1.15 bits per heavy atom. The van der Waals surface area contributed by atoms with Crippen molar-refractivity contribution < 1.29 is 9.53 Å². The van der Waals surface area contributed by atoms with Crippen LogP contribution in [-0.4, -0.2) is 22.8 Å². The Balaban J connectivity index is 1.77. The number of aryl methyl sites for hydroxylation is 1. The molecule has 0 aliphatic carbocycles. The molecule has 0 atom stereocenters. The maximum Gasteiger partial charge on any atom is 0.280 e. The van der Waals surface area contributed by atoms with Gasteiger partial charge in [0.05, 0.1) is 23.4 Å². The first kappa shape index (κ1) is 18.1. The Hall–Kier alpha value is -3.74. The molecule has 3 aromatic rings. The molecule has 7 nitrogen and oxygen atoms in total. The first-order chi connectivity index (χ1) is 13.0. The summed E-state index contributed by atoms with van der Waals surface area (Å²) in [5.41, 5.74) is 7.17. The molecule has 1 amide bonds. The van der Waals surface area contributed by atoms with Gasteiger partial charge >= 0.3 is 0 Å². The second kappa shape index (κ2) is 7.65. The zero-order chi connectivity index (χ0) is 19.4. The molecule has 0 aliphatic rings. The van der Waals surface area contributed by atoms with E-state index in [1.54, 1.807) is 31.4 Å². The van der Waals surface area contributed by atoms with E-state index in [-0.39, 0.29) is 11.5 Å². The highest BCUT2D eigenvalue weighted by Crippen LogP contribution is 2.10. The van der Waals surface area contributed by atoms with Crippen LogP contribution in [0.15, 0.2) is 53.3 Å². The van der Waals surface area contributed by atoms with E-state index in [1.165, 1.54) is 10.9 Å². The third-order valence-electron chi connectivity index (χ3n) is 4.05. The van der Waals surface area contributed by atoms with E-state index < -0.39 is 0 Å². The van der Waals surface area contributed by atoms with Crippen molar-refractivity contribution in [1.29, 1.82) is 0 Å². The number of benzene rings is 2. The molecule has 0 saturated heterocycles. The predicted octanol–water partition coefficient (Wildman–Crippen LogP) is 0.566. The Kier molecular flexibility index (Phi) is 5.12. The van der Waals surface area contributed by atoms with Gasteiger partial charge in [-0.15, -0.1) is 0 Å². The molecule has 0 saturated carbocycles. The average Bonchev–Trinajstić information content (AvgIpc) is 2.96. The number of nitrogens with zero attached hydrogens (tertiary/aromatic N) is 1. The van der Waals surface area contributed by atoms with Gasteiger partial charge in [0.15, 0.2) is 0 Å². The molecule has 0 fully saturated rings. The summed E-state index contributed by atoms with van der Waals surface area (Å²) in [4.78, 5) is 24.7. The van der Waals surface area contributed by atoms with Crippen LogP contribution in [-0.2, 0) is 0 Å². The monoisotopic (exact) mass is 364 g/mol. The second-order valence-electron chi connectivity index (χ2n) is 5.95. The van der Waals surface area contributed by atoms with Crippen molar-refractivity contribution in [3.63, 3.8) is 0 Å². The number of H-pyrrole nitrogens is 1. The molecule has 7 heteroatoms. The SMILES string of the molecule is C=c1[nH]n(-c2ccc(C)cc2)c(=O)c1=CNNC(=O)c1ccc(OC)cc1. The zero-order valence-electron chi connectivity index (χ0n) is 15.1. The lowest BCUT2D eigenvalue weighted by atomic mass is 10.2. The molecule has 0 aliphatic heterocycles. The Morgan fingerprint density at radius 2 is 1.81 bits per heavy atom. The number of carbonyl (C=O) groups excluding carboxylic acids is 1. The number of hydrazine groups is 1. The summed E-state index contributed by atoms with van der Waals surface area (Å²) in [5.74, 6) is 0.325. The van der Waals surface area contributed by atoms with E-state index in [0.717, 1.165) is 5.56 Å². The molecule has 0 radical (unpaired) electrons. The van der Waals surface area contributed by atoms with Crippen molar-refractivity contribution in [3.8, 4) is 11.4 Å². The summed E-state index contributed by atoms with van der Waals surface area (Å²) >= 11 is 0. The summed E-state index contributed by atoms with van der Waals surface area (Å²) in [7, 11) is 1.56. The van der Waals surface area contributed by atoms with E-state index in [4.69, 9.17) is 4.74 Å². The van der Waals surface area contributed by atoms with Crippen LogP contribution in [0.25, 0.3) is 18.5 Å².